The van der Waals surface area contributed by atoms with Gasteiger partial charge in [0.1, 0.15) is 5.60 Å². The second-order valence-electron chi connectivity index (χ2n) is 8.99. The molecule has 1 saturated carbocycles. The van der Waals surface area contributed by atoms with E-state index < -0.39 is 35.7 Å². The highest BCUT2D eigenvalue weighted by atomic mass is 16.6. The number of ether oxygens (including phenoxy) is 1. The molecule has 29 heavy (non-hydrogen) atoms. The van der Waals surface area contributed by atoms with Gasteiger partial charge in [0.05, 0.1) is 23.3 Å². The summed E-state index contributed by atoms with van der Waals surface area (Å²) >= 11 is 0. The van der Waals surface area contributed by atoms with Crippen LogP contribution in [0.2, 0.25) is 0 Å². The minimum Gasteiger partial charge on any atom is -0.444 e. The van der Waals surface area contributed by atoms with E-state index in [1.54, 1.807) is 52.1 Å². The van der Waals surface area contributed by atoms with Gasteiger partial charge in [0, 0.05) is 13.6 Å². The zero-order chi connectivity index (χ0) is 21.3. The molecule has 0 spiro atoms. The van der Waals surface area contributed by atoms with Gasteiger partial charge in [-0.05, 0) is 51.7 Å². The molecule has 1 fully saturated rings. The molecule has 1 N–H and O–H groups in total. The number of hydrogen-bond acceptors (Lipinski definition) is 5. The van der Waals surface area contributed by atoms with Crippen LogP contribution in [0.1, 0.15) is 67.2 Å². The van der Waals surface area contributed by atoms with Crippen LogP contribution in [0, 0.1) is 5.92 Å². The molecule has 7 heteroatoms. The Hall–Kier alpha value is -2.41. The maximum atomic E-state index is 13.0. The first kappa shape index (κ1) is 21.3. The smallest absolute Gasteiger partial charge is 0.410 e. The zero-order valence-corrected chi connectivity index (χ0v) is 17.6. The third kappa shape index (κ3) is 4.45. The van der Waals surface area contributed by atoms with Crippen LogP contribution >= 0.6 is 0 Å². The molecule has 1 aliphatic heterocycles. The van der Waals surface area contributed by atoms with Crippen LogP contribution in [0.25, 0.3) is 0 Å². The first-order chi connectivity index (χ1) is 13.6. The van der Waals surface area contributed by atoms with E-state index in [9.17, 15) is 19.5 Å². The molecule has 0 aromatic heterocycles. The number of amides is 3. The quantitative estimate of drug-likeness (QED) is 0.765. The second kappa shape index (κ2) is 8.14. The van der Waals surface area contributed by atoms with E-state index in [2.05, 4.69) is 0 Å². The number of aliphatic hydroxyl groups is 1. The van der Waals surface area contributed by atoms with Crippen molar-refractivity contribution in [3.8, 4) is 0 Å². The summed E-state index contributed by atoms with van der Waals surface area (Å²) in [5, 5.41) is 11.1. The van der Waals surface area contributed by atoms with Gasteiger partial charge in [-0.3, -0.25) is 14.5 Å². The lowest BCUT2D eigenvalue weighted by Gasteiger charge is -2.36. The van der Waals surface area contributed by atoms with Crippen molar-refractivity contribution in [3.63, 3.8) is 0 Å². The first-order valence-electron chi connectivity index (χ1n) is 10.2. The highest BCUT2D eigenvalue weighted by molar-refractivity contribution is 6.21. The third-order valence-corrected chi connectivity index (χ3v) is 5.60. The monoisotopic (exact) mass is 402 g/mol. The van der Waals surface area contributed by atoms with E-state index in [4.69, 9.17) is 4.74 Å². The molecule has 158 valence electrons. The molecule has 0 radical (unpaired) electrons. The normalized spacial score (nSPS) is 19.3. The lowest BCUT2D eigenvalue weighted by molar-refractivity contribution is -0.00452. The topological polar surface area (TPSA) is 87.2 Å². The standard InChI is InChI=1S/C22H30N2O5/c1-22(2,3)29-21(28)23(4)13-17(18(25)14-9-5-6-10-14)24-19(26)15-11-7-8-12-16(15)20(24)27/h7-8,11-12,14,17-18,25H,5-6,9-10,13H2,1-4H3/t17-,18-/m1/s1. The minimum absolute atomic E-state index is 0.00338. The summed E-state index contributed by atoms with van der Waals surface area (Å²) in [6.45, 7) is 5.33. The zero-order valence-electron chi connectivity index (χ0n) is 17.6. The van der Waals surface area contributed by atoms with Gasteiger partial charge in [0.15, 0.2) is 0 Å². The predicted octanol–water partition coefficient (Wildman–Crippen LogP) is 3.07. The van der Waals surface area contributed by atoms with Crippen molar-refractivity contribution in [2.24, 2.45) is 5.92 Å². The number of rotatable bonds is 5. The van der Waals surface area contributed by atoms with Crippen molar-refractivity contribution in [2.75, 3.05) is 13.6 Å². The highest BCUT2D eigenvalue weighted by Gasteiger charge is 2.45. The summed E-state index contributed by atoms with van der Waals surface area (Å²) in [5.41, 5.74) is 0.00236. The van der Waals surface area contributed by atoms with E-state index >= 15 is 0 Å². The second-order valence-corrected chi connectivity index (χ2v) is 8.99. The van der Waals surface area contributed by atoms with Gasteiger partial charge in [-0.2, -0.15) is 0 Å². The van der Waals surface area contributed by atoms with Gasteiger partial charge < -0.3 is 14.7 Å². The Labute approximate surface area is 171 Å². The van der Waals surface area contributed by atoms with E-state index in [-0.39, 0.29) is 12.5 Å². The molecule has 0 saturated heterocycles. The summed E-state index contributed by atoms with van der Waals surface area (Å²) in [6, 6.07) is 5.83. The van der Waals surface area contributed by atoms with Crippen LogP contribution in [0.4, 0.5) is 4.79 Å². The molecular weight excluding hydrogens is 372 g/mol. The number of nitrogens with zero attached hydrogens (tertiary/aromatic N) is 2. The molecule has 3 rings (SSSR count). The molecule has 2 atom stereocenters. The summed E-state index contributed by atoms with van der Waals surface area (Å²) in [5.74, 6) is -0.855. The molecule has 1 aliphatic carbocycles. The molecule has 3 amide bonds. The Morgan fingerprint density at radius 1 is 1.17 bits per heavy atom. The third-order valence-electron chi connectivity index (χ3n) is 5.60. The largest absolute Gasteiger partial charge is 0.444 e. The maximum Gasteiger partial charge on any atom is 0.410 e. The van der Waals surface area contributed by atoms with Crippen LogP contribution in [0.3, 0.4) is 0 Å². The number of imide groups is 1. The van der Waals surface area contributed by atoms with Crippen LogP contribution < -0.4 is 0 Å². The number of likely N-dealkylation sites (N-methyl/N-ethyl adjacent to an activating group) is 1. The van der Waals surface area contributed by atoms with Crippen LogP contribution in [0.5, 0.6) is 0 Å². The summed E-state index contributed by atoms with van der Waals surface area (Å²) < 4.78 is 5.40. The lowest BCUT2D eigenvalue weighted by atomic mass is 9.93. The SMILES string of the molecule is CN(C[C@H]([C@H](O)C1CCCC1)N1C(=O)c2ccccc2C1=O)C(=O)OC(C)(C)C. The molecule has 0 bridgehead atoms. The number of aliphatic hydroxyl groups excluding tert-OH is 1. The van der Waals surface area contributed by atoms with Gasteiger partial charge in [-0.15, -0.1) is 0 Å². The van der Waals surface area contributed by atoms with Gasteiger partial charge in [0.2, 0.25) is 0 Å². The molecular formula is C22H30N2O5. The fourth-order valence-electron chi connectivity index (χ4n) is 4.16. The molecule has 7 nitrogen and oxygen atoms in total. The molecule has 0 unspecified atom stereocenters. The van der Waals surface area contributed by atoms with E-state index in [0.29, 0.717) is 11.1 Å². The fourth-order valence-corrected chi connectivity index (χ4v) is 4.16. The van der Waals surface area contributed by atoms with Crippen molar-refractivity contribution in [2.45, 2.75) is 64.2 Å². The van der Waals surface area contributed by atoms with Crippen molar-refractivity contribution in [3.05, 3.63) is 35.4 Å². The number of carbonyl (C=O) groups is 3. The van der Waals surface area contributed by atoms with Crippen LogP contribution in [-0.2, 0) is 4.74 Å². The average Bonchev–Trinajstić information content (AvgIpc) is 3.26. The van der Waals surface area contributed by atoms with Gasteiger partial charge in [-0.25, -0.2) is 4.79 Å². The molecule has 1 aromatic rings. The number of benzene rings is 1. The first-order valence-corrected chi connectivity index (χ1v) is 10.2. The summed E-state index contributed by atoms with van der Waals surface area (Å²) in [6.07, 6.45) is 2.26. The maximum absolute atomic E-state index is 13.0. The molecule has 1 heterocycles. The van der Waals surface area contributed by atoms with E-state index in [0.717, 1.165) is 30.6 Å². The average molecular weight is 402 g/mol. The van der Waals surface area contributed by atoms with Gasteiger partial charge in [-0.1, -0.05) is 25.0 Å². The van der Waals surface area contributed by atoms with Crippen molar-refractivity contribution >= 4 is 17.9 Å². The Balaban J connectivity index is 1.87. The Morgan fingerprint density at radius 2 is 1.69 bits per heavy atom. The number of carbonyl (C=O) groups excluding carboxylic acids is 3. The van der Waals surface area contributed by atoms with Gasteiger partial charge >= 0.3 is 6.09 Å². The van der Waals surface area contributed by atoms with Crippen molar-refractivity contribution in [1.82, 2.24) is 9.80 Å². The highest BCUT2D eigenvalue weighted by Crippen LogP contribution is 2.33. The molecule has 1 aromatic carbocycles. The van der Waals surface area contributed by atoms with Gasteiger partial charge in [0.25, 0.3) is 11.8 Å². The lowest BCUT2D eigenvalue weighted by Crippen LogP contribution is -2.55. The Morgan fingerprint density at radius 3 is 2.17 bits per heavy atom. The predicted molar refractivity (Wildman–Crippen MR) is 108 cm³/mol. The molecule has 2 aliphatic rings. The minimum atomic E-state index is -0.899. The van der Waals surface area contributed by atoms with Crippen LogP contribution in [0.15, 0.2) is 24.3 Å². The number of hydrogen-bond donors (Lipinski definition) is 1. The number of fused-ring (bicyclic) bond motifs is 1. The van der Waals surface area contributed by atoms with Crippen LogP contribution in [-0.4, -0.2) is 64.2 Å². The van der Waals surface area contributed by atoms with Crippen molar-refractivity contribution < 1.29 is 24.2 Å². The Bertz CT molecular complexity index is 760. The van der Waals surface area contributed by atoms with E-state index in [1.165, 1.54) is 4.90 Å². The fraction of sp³-hybridized carbons (Fsp3) is 0.591. The summed E-state index contributed by atoms with van der Waals surface area (Å²) in [4.78, 5) is 40.9. The summed E-state index contributed by atoms with van der Waals surface area (Å²) in [7, 11) is 1.56. The van der Waals surface area contributed by atoms with Crippen molar-refractivity contribution in [1.29, 1.82) is 0 Å². The van der Waals surface area contributed by atoms with E-state index in [1.807, 2.05) is 0 Å². The Kier molecular flexibility index (Phi) is 5.98.